The van der Waals surface area contributed by atoms with Gasteiger partial charge in [-0.05, 0) is 36.3 Å². The molecule has 0 fully saturated rings. The lowest BCUT2D eigenvalue weighted by molar-refractivity contribution is 0.0956. The second kappa shape index (κ2) is 7.03. The van der Waals surface area contributed by atoms with Crippen LogP contribution in [-0.2, 0) is 17.8 Å². The van der Waals surface area contributed by atoms with Crippen LogP contribution in [0.4, 0.5) is 0 Å². The molecule has 1 unspecified atom stereocenters. The molecule has 0 bridgehead atoms. The van der Waals surface area contributed by atoms with Gasteiger partial charge in [-0.25, -0.2) is 4.98 Å². The van der Waals surface area contributed by atoms with E-state index in [-0.39, 0.29) is 5.91 Å². The topological polar surface area (TPSA) is 51.2 Å². The van der Waals surface area contributed by atoms with Crippen LogP contribution >= 0.6 is 11.3 Å². The van der Waals surface area contributed by atoms with Gasteiger partial charge in [-0.3, -0.25) is 4.79 Å². The highest BCUT2D eigenvalue weighted by Crippen LogP contribution is 2.34. The predicted molar refractivity (Wildman–Crippen MR) is 87.3 cm³/mol. The van der Waals surface area contributed by atoms with Crippen LogP contribution in [0.1, 0.15) is 44.6 Å². The summed E-state index contributed by atoms with van der Waals surface area (Å²) >= 11 is 1.39. The van der Waals surface area contributed by atoms with Crippen molar-refractivity contribution in [1.82, 2.24) is 10.3 Å². The number of hydrogen-bond donors (Lipinski definition) is 1. The van der Waals surface area contributed by atoms with E-state index in [1.54, 1.807) is 13.3 Å². The van der Waals surface area contributed by atoms with Crippen molar-refractivity contribution in [3.05, 3.63) is 51.5 Å². The van der Waals surface area contributed by atoms with Crippen LogP contribution in [0.25, 0.3) is 0 Å². The van der Waals surface area contributed by atoms with E-state index in [2.05, 4.69) is 34.6 Å². The number of nitrogens with one attached hydrogen (secondary N) is 1. The Bertz CT molecular complexity index is 654. The number of carbonyl (C=O) groups excluding carboxylic acids is 1. The Morgan fingerprint density at radius 3 is 3.18 bits per heavy atom. The number of ether oxygens (including phenoxy) is 1. The number of aromatic nitrogens is 1. The number of thiazole rings is 1. The lowest BCUT2D eigenvalue weighted by atomic mass is 9.98. The van der Waals surface area contributed by atoms with Gasteiger partial charge in [-0.2, -0.15) is 0 Å². The number of aryl methyl sites for hydroxylation is 1. The van der Waals surface area contributed by atoms with Crippen molar-refractivity contribution in [2.75, 3.05) is 13.7 Å². The molecule has 1 aromatic heterocycles. The number of hydrogen-bond acceptors (Lipinski definition) is 4. The maximum Gasteiger partial charge on any atom is 0.263 e. The van der Waals surface area contributed by atoms with E-state index in [4.69, 9.17) is 4.74 Å². The zero-order valence-electron chi connectivity index (χ0n) is 12.7. The van der Waals surface area contributed by atoms with Crippen LogP contribution in [0.2, 0.25) is 0 Å². The summed E-state index contributed by atoms with van der Waals surface area (Å²) in [4.78, 5) is 16.9. The van der Waals surface area contributed by atoms with Gasteiger partial charge in [0.05, 0.1) is 12.8 Å². The fourth-order valence-corrected chi connectivity index (χ4v) is 3.80. The highest BCUT2D eigenvalue weighted by molar-refractivity contribution is 7.13. The highest BCUT2D eigenvalue weighted by atomic mass is 32.1. The zero-order chi connectivity index (χ0) is 15.4. The van der Waals surface area contributed by atoms with Crippen molar-refractivity contribution in [2.24, 2.45) is 0 Å². The van der Waals surface area contributed by atoms with Gasteiger partial charge in [0.1, 0.15) is 9.88 Å². The van der Waals surface area contributed by atoms with E-state index in [0.29, 0.717) is 23.9 Å². The summed E-state index contributed by atoms with van der Waals surface area (Å²) in [5, 5.41) is 3.83. The van der Waals surface area contributed by atoms with Gasteiger partial charge in [-0.15, -0.1) is 11.3 Å². The van der Waals surface area contributed by atoms with E-state index >= 15 is 0 Å². The van der Waals surface area contributed by atoms with Crippen molar-refractivity contribution in [2.45, 2.75) is 31.8 Å². The Morgan fingerprint density at radius 2 is 2.32 bits per heavy atom. The molecule has 116 valence electrons. The van der Waals surface area contributed by atoms with Crippen LogP contribution in [0.3, 0.4) is 0 Å². The molecule has 0 aliphatic heterocycles. The first-order chi connectivity index (χ1) is 10.8. The molecule has 0 spiro atoms. The number of rotatable bonds is 6. The quantitative estimate of drug-likeness (QED) is 0.891. The zero-order valence-corrected chi connectivity index (χ0v) is 13.5. The molecular formula is C17H20N2O2S. The molecule has 1 heterocycles. The third-order valence-electron chi connectivity index (χ3n) is 4.08. The molecular weight excluding hydrogens is 296 g/mol. The van der Waals surface area contributed by atoms with Crippen molar-refractivity contribution in [1.29, 1.82) is 0 Å². The molecule has 22 heavy (non-hydrogen) atoms. The third kappa shape index (κ3) is 3.36. The molecule has 1 amide bonds. The second-order valence-corrected chi connectivity index (χ2v) is 6.65. The Balaban J connectivity index is 1.50. The highest BCUT2D eigenvalue weighted by Gasteiger charge is 2.21. The van der Waals surface area contributed by atoms with Crippen molar-refractivity contribution < 1.29 is 9.53 Å². The largest absolute Gasteiger partial charge is 0.378 e. The minimum Gasteiger partial charge on any atom is -0.378 e. The Kier molecular flexibility index (Phi) is 4.85. The standard InChI is InChI=1S/C17H20N2O2S/c1-21-11-16-19-10-15(22-16)17(20)18-9-8-13-7-6-12-4-2-3-5-14(12)13/h2-5,10,13H,6-9,11H2,1H3,(H,18,20). The summed E-state index contributed by atoms with van der Waals surface area (Å²) in [7, 11) is 1.63. The van der Waals surface area contributed by atoms with Gasteiger partial charge in [-0.1, -0.05) is 24.3 Å². The number of amides is 1. The first-order valence-electron chi connectivity index (χ1n) is 7.57. The molecule has 1 atom stereocenters. The number of benzene rings is 1. The van der Waals surface area contributed by atoms with Crippen LogP contribution in [-0.4, -0.2) is 24.5 Å². The summed E-state index contributed by atoms with van der Waals surface area (Å²) < 4.78 is 5.02. The molecule has 0 saturated carbocycles. The van der Waals surface area contributed by atoms with Crippen molar-refractivity contribution in [3.8, 4) is 0 Å². The molecule has 1 N–H and O–H groups in total. The maximum atomic E-state index is 12.1. The van der Waals surface area contributed by atoms with Crippen LogP contribution < -0.4 is 5.32 Å². The summed E-state index contributed by atoms with van der Waals surface area (Å²) in [5.74, 6) is 0.535. The molecule has 4 nitrogen and oxygen atoms in total. The minimum atomic E-state index is -0.0360. The van der Waals surface area contributed by atoms with E-state index in [1.807, 2.05) is 0 Å². The monoisotopic (exact) mass is 316 g/mol. The molecule has 1 aliphatic carbocycles. The van der Waals surface area contributed by atoms with E-state index in [9.17, 15) is 4.79 Å². The number of carbonyl (C=O) groups is 1. The van der Waals surface area contributed by atoms with Crippen molar-refractivity contribution >= 4 is 17.2 Å². The van der Waals surface area contributed by atoms with E-state index < -0.39 is 0 Å². The lowest BCUT2D eigenvalue weighted by Crippen LogP contribution is -2.24. The lowest BCUT2D eigenvalue weighted by Gasteiger charge is -2.11. The third-order valence-corrected chi connectivity index (χ3v) is 5.05. The van der Waals surface area contributed by atoms with E-state index in [0.717, 1.165) is 17.8 Å². The SMILES string of the molecule is COCc1ncc(C(=O)NCCC2CCc3ccccc32)s1. The van der Waals surface area contributed by atoms with Crippen LogP contribution in [0.15, 0.2) is 30.5 Å². The Labute approximate surface area is 134 Å². The van der Waals surface area contributed by atoms with Gasteiger partial charge in [0.25, 0.3) is 5.91 Å². The smallest absolute Gasteiger partial charge is 0.263 e. The average molecular weight is 316 g/mol. The molecule has 0 radical (unpaired) electrons. The number of fused-ring (bicyclic) bond motifs is 1. The number of nitrogens with zero attached hydrogens (tertiary/aromatic N) is 1. The van der Waals surface area contributed by atoms with Gasteiger partial charge < -0.3 is 10.1 Å². The molecule has 3 rings (SSSR count). The first-order valence-corrected chi connectivity index (χ1v) is 8.39. The number of methoxy groups -OCH3 is 1. The molecule has 1 aromatic carbocycles. The van der Waals surface area contributed by atoms with Gasteiger partial charge in [0, 0.05) is 13.7 Å². The molecule has 2 aromatic rings. The Hall–Kier alpha value is -1.72. The van der Waals surface area contributed by atoms with Gasteiger partial charge >= 0.3 is 0 Å². The molecule has 0 saturated heterocycles. The molecule has 5 heteroatoms. The second-order valence-electron chi connectivity index (χ2n) is 5.53. The average Bonchev–Trinajstić information content (AvgIpc) is 3.15. The maximum absolute atomic E-state index is 12.1. The summed E-state index contributed by atoms with van der Waals surface area (Å²) in [6.45, 7) is 1.16. The van der Waals surface area contributed by atoms with E-state index in [1.165, 1.54) is 28.9 Å². The fourth-order valence-electron chi connectivity index (χ4n) is 3.00. The summed E-state index contributed by atoms with van der Waals surface area (Å²) in [6.07, 6.45) is 4.96. The predicted octanol–water partition coefficient (Wildman–Crippen LogP) is 3.14. The van der Waals surface area contributed by atoms with Crippen LogP contribution in [0.5, 0.6) is 0 Å². The summed E-state index contributed by atoms with van der Waals surface area (Å²) in [6, 6.07) is 8.63. The summed E-state index contributed by atoms with van der Waals surface area (Å²) in [5.41, 5.74) is 2.92. The van der Waals surface area contributed by atoms with Crippen molar-refractivity contribution in [3.63, 3.8) is 0 Å². The normalized spacial score (nSPS) is 16.5. The minimum absolute atomic E-state index is 0.0360. The fraction of sp³-hybridized carbons (Fsp3) is 0.412. The van der Waals surface area contributed by atoms with Crippen LogP contribution in [0, 0.1) is 0 Å². The van der Waals surface area contributed by atoms with Gasteiger partial charge in [0.2, 0.25) is 0 Å². The van der Waals surface area contributed by atoms with Gasteiger partial charge in [0.15, 0.2) is 0 Å². The Morgan fingerprint density at radius 1 is 1.45 bits per heavy atom. The molecule has 1 aliphatic rings. The first kappa shape index (κ1) is 15.2.